The van der Waals surface area contributed by atoms with E-state index in [9.17, 15) is 4.79 Å². The number of rotatable bonds is 7. The molecular formula is C20H31ClN2O2S. The van der Waals surface area contributed by atoms with Crippen LogP contribution in [0.15, 0.2) is 24.3 Å². The van der Waals surface area contributed by atoms with E-state index in [1.807, 2.05) is 23.9 Å². The molecule has 0 bridgehead atoms. The molecular weight excluding hydrogens is 368 g/mol. The predicted octanol–water partition coefficient (Wildman–Crippen LogP) is 4.24. The lowest BCUT2D eigenvalue weighted by molar-refractivity contribution is -0.116. The molecule has 26 heavy (non-hydrogen) atoms. The van der Waals surface area contributed by atoms with Crippen LogP contribution in [0.5, 0.6) is 0 Å². The highest BCUT2D eigenvalue weighted by molar-refractivity contribution is 7.99. The Labute approximate surface area is 167 Å². The minimum atomic E-state index is 0. The highest BCUT2D eigenvalue weighted by atomic mass is 35.5. The first-order valence-electron chi connectivity index (χ1n) is 9.58. The average Bonchev–Trinajstić information content (AvgIpc) is 2.67. The maximum Gasteiger partial charge on any atom is 0.224 e. The summed E-state index contributed by atoms with van der Waals surface area (Å²) in [6.07, 6.45) is 6.34. The molecule has 1 aromatic carbocycles. The van der Waals surface area contributed by atoms with Crippen molar-refractivity contribution < 1.29 is 9.53 Å². The van der Waals surface area contributed by atoms with E-state index in [4.69, 9.17) is 4.74 Å². The Kier molecular flexibility index (Phi) is 9.83. The van der Waals surface area contributed by atoms with E-state index in [1.165, 1.54) is 18.4 Å². The summed E-state index contributed by atoms with van der Waals surface area (Å²) < 4.78 is 5.42. The number of thioether (sulfide) groups is 1. The van der Waals surface area contributed by atoms with Crippen molar-refractivity contribution in [2.75, 3.05) is 31.6 Å². The zero-order chi connectivity index (χ0) is 17.3. The largest absolute Gasteiger partial charge is 0.381 e. The predicted molar refractivity (Wildman–Crippen MR) is 112 cm³/mol. The molecule has 0 saturated carbocycles. The first-order valence-corrected chi connectivity index (χ1v) is 10.6. The van der Waals surface area contributed by atoms with Crippen LogP contribution in [-0.4, -0.2) is 37.5 Å². The molecule has 3 rings (SSSR count). The molecule has 2 N–H and O–H groups in total. The average molecular weight is 399 g/mol. The molecule has 2 aliphatic heterocycles. The molecule has 146 valence electrons. The second-order valence-electron chi connectivity index (χ2n) is 7.10. The molecule has 1 aromatic rings. The van der Waals surface area contributed by atoms with Crippen LogP contribution in [0.25, 0.3) is 0 Å². The number of nitrogens with one attached hydrogen (secondary N) is 2. The van der Waals surface area contributed by atoms with Gasteiger partial charge in [-0.1, -0.05) is 12.1 Å². The number of benzene rings is 1. The molecule has 0 unspecified atom stereocenters. The highest BCUT2D eigenvalue weighted by Gasteiger charge is 2.15. The number of piperidine rings is 1. The Hall–Kier alpha value is -0.750. The number of carbonyl (C=O) groups is 1. The minimum absolute atomic E-state index is 0. The van der Waals surface area contributed by atoms with Gasteiger partial charge in [-0.15, -0.1) is 12.4 Å². The van der Waals surface area contributed by atoms with E-state index in [-0.39, 0.29) is 18.3 Å². The highest BCUT2D eigenvalue weighted by Crippen LogP contribution is 2.26. The zero-order valence-corrected chi connectivity index (χ0v) is 17.0. The zero-order valence-electron chi connectivity index (χ0n) is 15.4. The smallest absolute Gasteiger partial charge is 0.224 e. The SMILES string of the molecule is Cl.O=C(CCC1CCNCC1)Nc1cccc(CSC2CCOCC2)c1. The number of anilines is 1. The van der Waals surface area contributed by atoms with Gasteiger partial charge in [0.2, 0.25) is 5.91 Å². The Morgan fingerprint density at radius 1 is 1.19 bits per heavy atom. The van der Waals surface area contributed by atoms with Crippen LogP contribution >= 0.6 is 24.2 Å². The fourth-order valence-corrected chi connectivity index (χ4v) is 4.66. The van der Waals surface area contributed by atoms with Crippen LogP contribution < -0.4 is 10.6 Å². The molecule has 6 heteroatoms. The normalized spacial score (nSPS) is 18.9. The lowest BCUT2D eigenvalue weighted by Crippen LogP contribution is -2.28. The summed E-state index contributed by atoms with van der Waals surface area (Å²) in [5.41, 5.74) is 2.22. The monoisotopic (exact) mass is 398 g/mol. The van der Waals surface area contributed by atoms with Crippen LogP contribution in [0.2, 0.25) is 0 Å². The standard InChI is InChI=1S/C20H30N2O2S.ClH/c23-20(5-4-16-6-10-21-11-7-16)22-18-3-1-2-17(14-18)15-25-19-8-12-24-13-9-19;/h1-3,14,16,19,21H,4-13,15H2,(H,22,23);1H. The van der Waals surface area contributed by atoms with Gasteiger partial charge in [0, 0.05) is 36.3 Å². The molecule has 1 amide bonds. The van der Waals surface area contributed by atoms with Crippen molar-refractivity contribution in [3.63, 3.8) is 0 Å². The number of ether oxygens (including phenoxy) is 1. The Balaban J connectivity index is 0.00000243. The van der Waals surface area contributed by atoms with E-state index in [0.717, 1.165) is 57.0 Å². The Morgan fingerprint density at radius 2 is 1.96 bits per heavy atom. The molecule has 2 aliphatic rings. The van der Waals surface area contributed by atoms with Gasteiger partial charge < -0.3 is 15.4 Å². The van der Waals surface area contributed by atoms with Gasteiger partial charge in [-0.3, -0.25) is 4.79 Å². The molecule has 2 fully saturated rings. The molecule has 0 aliphatic carbocycles. The van der Waals surface area contributed by atoms with Crippen LogP contribution in [0.4, 0.5) is 5.69 Å². The van der Waals surface area contributed by atoms with Crippen molar-refractivity contribution in [1.82, 2.24) is 5.32 Å². The summed E-state index contributed by atoms with van der Waals surface area (Å²) in [4.78, 5) is 12.2. The number of amides is 1. The molecule has 0 radical (unpaired) electrons. The minimum Gasteiger partial charge on any atom is -0.381 e. The van der Waals surface area contributed by atoms with Crippen LogP contribution in [0.1, 0.15) is 44.1 Å². The third kappa shape index (κ3) is 7.47. The van der Waals surface area contributed by atoms with Crippen LogP contribution in [-0.2, 0) is 15.3 Å². The van der Waals surface area contributed by atoms with Gasteiger partial charge in [0.15, 0.2) is 0 Å². The van der Waals surface area contributed by atoms with Gasteiger partial charge in [0.25, 0.3) is 0 Å². The van der Waals surface area contributed by atoms with E-state index in [0.29, 0.717) is 17.6 Å². The third-order valence-corrected chi connectivity index (χ3v) is 6.55. The molecule has 0 atom stereocenters. The molecule has 2 heterocycles. The van der Waals surface area contributed by atoms with Crippen LogP contribution in [0.3, 0.4) is 0 Å². The quantitative estimate of drug-likeness (QED) is 0.721. The first kappa shape index (κ1) is 21.5. The summed E-state index contributed by atoms with van der Waals surface area (Å²) in [6, 6.07) is 8.30. The van der Waals surface area contributed by atoms with Crippen molar-refractivity contribution in [2.24, 2.45) is 5.92 Å². The Morgan fingerprint density at radius 3 is 2.73 bits per heavy atom. The van der Waals surface area contributed by atoms with Crippen molar-refractivity contribution in [3.05, 3.63) is 29.8 Å². The summed E-state index contributed by atoms with van der Waals surface area (Å²) in [6.45, 7) is 3.98. The number of hydrogen-bond acceptors (Lipinski definition) is 4. The number of hydrogen-bond donors (Lipinski definition) is 2. The van der Waals surface area contributed by atoms with Crippen molar-refractivity contribution in [1.29, 1.82) is 0 Å². The summed E-state index contributed by atoms with van der Waals surface area (Å²) in [7, 11) is 0. The fraction of sp³-hybridized carbons (Fsp3) is 0.650. The summed E-state index contributed by atoms with van der Waals surface area (Å²) >= 11 is 2.01. The number of carbonyl (C=O) groups excluding carboxylic acids is 1. The Bertz CT molecular complexity index is 546. The molecule has 0 spiro atoms. The van der Waals surface area contributed by atoms with Gasteiger partial charge in [-0.05, 0) is 68.8 Å². The number of halogens is 1. The summed E-state index contributed by atoms with van der Waals surface area (Å²) in [5, 5.41) is 7.16. The van der Waals surface area contributed by atoms with E-state index in [2.05, 4.69) is 22.8 Å². The topological polar surface area (TPSA) is 50.4 Å². The van der Waals surface area contributed by atoms with Gasteiger partial charge in [-0.2, -0.15) is 11.8 Å². The maximum atomic E-state index is 12.2. The second kappa shape index (κ2) is 11.9. The summed E-state index contributed by atoms with van der Waals surface area (Å²) in [5.74, 6) is 1.85. The molecule has 4 nitrogen and oxygen atoms in total. The molecule has 2 saturated heterocycles. The first-order chi connectivity index (χ1) is 12.3. The lowest BCUT2D eigenvalue weighted by atomic mass is 9.93. The second-order valence-corrected chi connectivity index (χ2v) is 8.39. The van der Waals surface area contributed by atoms with Crippen molar-refractivity contribution in [2.45, 2.75) is 49.5 Å². The maximum absolute atomic E-state index is 12.2. The van der Waals surface area contributed by atoms with E-state index in [1.54, 1.807) is 0 Å². The van der Waals surface area contributed by atoms with Gasteiger partial charge in [0.1, 0.15) is 0 Å². The lowest BCUT2D eigenvalue weighted by Gasteiger charge is -2.22. The molecule has 0 aromatic heterocycles. The van der Waals surface area contributed by atoms with Gasteiger partial charge in [-0.25, -0.2) is 0 Å². The van der Waals surface area contributed by atoms with E-state index < -0.39 is 0 Å². The van der Waals surface area contributed by atoms with Crippen molar-refractivity contribution in [3.8, 4) is 0 Å². The van der Waals surface area contributed by atoms with Gasteiger partial charge in [0.05, 0.1) is 0 Å². The van der Waals surface area contributed by atoms with Gasteiger partial charge >= 0.3 is 0 Å². The van der Waals surface area contributed by atoms with Crippen molar-refractivity contribution >= 4 is 35.8 Å². The van der Waals surface area contributed by atoms with Crippen LogP contribution in [0, 0.1) is 5.92 Å². The fourth-order valence-electron chi connectivity index (χ4n) is 3.52. The van der Waals surface area contributed by atoms with E-state index >= 15 is 0 Å². The third-order valence-electron chi connectivity index (χ3n) is 5.10.